The monoisotopic (exact) mass is 344 g/mol. The van der Waals surface area contributed by atoms with Crippen molar-refractivity contribution in [2.24, 2.45) is 5.92 Å². The first-order valence-corrected chi connectivity index (χ1v) is 8.23. The van der Waals surface area contributed by atoms with Crippen LogP contribution in [0.1, 0.15) is 29.8 Å². The van der Waals surface area contributed by atoms with Crippen molar-refractivity contribution in [1.82, 2.24) is 10.6 Å². The minimum atomic E-state index is -0.600. The molecule has 0 saturated heterocycles. The van der Waals surface area contributed by atoms with Crippen LogP contribution in [0.3, 0.4) is 0 Å². The van der Waals surface area contributed by atoms with Gasteiger partial charge in [0.1, 0.15) is 6.04 Å². The molecule has 2 amide bonds. The first kappa shape index (κ1) is 18.0. The van der Waals surface area contributed by atoms with E-state index < -0.39 is 6.04 Å². The molecule has 0 unspecified atom stereocenters. The summed E-state index contributed by atoms with van der Waals surface area (Å²) in [4.78, 5) is 24.7. The normalized spacial score (nSPS) is 11.8. The highest BCUT2D eigenvalue weighted by atomic mass is 35.5. The van der Waals surface area contributed by atoms with Crippen molar-refractivity contribution >= 4 is 23.4 Å². The van der Waals surface area contributed by atoms with Crippen LogP contribution in [0, 0.1) is 5.92 Å². The van der Waals surface area contributed by atoms with Crippen molar-refractivity contribution < 1.29 is 9.59 Å². The smallest absolute Gasteiger partial charge is 0.251 e. The molecule has 2 aromatic carbocycles. The van der Waals surface area contributed by atoms with Crippen LogP contribution in [-0.2, 0) is 11.3 Å². The van der Waals surface area contributed by atoms with Crippen LogP contribution in [0.25, 0.3) is 0 Å². The summed E-state index contributed by atoms with van der Waals surface area (Å²) in [5.74, 6) is -0.520. The third kappa shape index (κ3) is 5.10. The third-order valence-corrected chi connectivity index (χ3v) is 3.90. The van der Waals surface area contributed by atoms with E-state index in [9.17, 15) is 9.59 Å². The van der Waals surface area contributed by atoms with E-state index in [0.29, 0.717) is 17.1 Å². The fourth-order valence-corrected chi connectivity index (χ4v) is 2.38. The molecule has 2 rings (SSSR count). The number of benzene rings is 2. The predicted octanol–water partition coefficient (Wildman–Crippen LogP) is 3.41. The van der Waals surface area contributed by atoms with Crippen molar-refractivity contribution in [2.45, 2.75) is 26.4 Å². The van der Waals surface area contributed by atoms with Gasteiger partial charge in [0.05, 0.1) is 0 Å². The highest BCUT2D eigenvalue weighted by Gasteiger charge is 2.24. The van der Waals surface area contributed by atoms with E-state index in [-0.39, 0.29) is 17.7 Å². The third-order valence-electron chi connectivity index (χ3n) is 3.65. The topological polar surface area (TPSA) is 58.2 Å². The Kier molecular flexibility index (Phi) is 6.38. The van der Waals surface area contributed by atoms with E-state index in [1.807, 2.05) is 44.2 Å². The molecule has 24 heavy (non-hydrogen) atoms. The molecule has 0 aliphatic rings. The van der Waals surface area contributed by atoms with Gasteiger partial charge in [-0.25, -0.2) is 0 Å². The van der Waals surface area contributed by atoms with Crippen molar-refractivity contribution in [2.75, 3.05) is 0 Å². The summed E-state index contributed by atoms with van der Waals surface area (Å²) >= 11 is 5.83. The standard InChI is InChI=1S/C19H21ClN2O2/c1-13(2)17(19(24)21-12-14-6-4-3-5-7-14)22-18(23)15-8-10-16(20)11-9-15/h3-11,13,17H,12H2,1-2H3,(H,21,24)(H,22,23)/t17-/m1/s1. The number of amides is 2. The maximum Gasteiger partial charge on any atom is 0.251 e. The van der Waals surface area contributed by atoms with Gasteiger partial charge in [0.25, 0.3) is 5.91 Å². The molecule has 0 aliphatic heterocycles. The lowest BCUT2D eigenvalue weighted by Gasteiger charge is -2.22. The number of nitrogens with one attached hydrogen (secondary N) is 2. The molecule has 0 aliphatic carbocycles. The Hall–Kier alpha value is -2.33. The van der Waals surface area contributed by atoms with Gasteiger partial charge < -0.3 is 10.6 Å². The van der Waals surface area contributed by atoms with Crippen LogP contribution in [0.15, 0.2) is 54.6 Å². The van der Waals surface area contributed by atoms with Crippen LogP contribution in [0.4, 0.5) is 0 Å². The van der Waals surface area contributed by atoms with Crippen molar-refractivity contribution in [3.8, 4) is 0 Å². The molecule has 0 fully saturated rings. The summed E-state index contributed by atoms with van der Waals surface area (Å²) in [6, 6.07) is 15.6. The average Bonchev–Trinajstić information content (AvgIpc) is 2.58. The Labute approximate surface area is 147 Å². The van der Waals surface area contributed by atoms with Gasteiger partial charge in [-0.2, -0.15) is 0 Å². The van der Waals surface area contributed by atoms with Crippen molar-refractivity contribution in [1.29, 1.82) is 0 Å². The number of hydrogen-bond donors (Lipinski definition) is 2. The second-order valence-corrected chi connectivity index (χ2v) is 6.34. The quantitative estimate of drug-likeness (QED) is 0.843. The summed E-state index contributed by atoms with van der Waals surface area (Å²) in [5.41, 5.74) is 1.48. The highest BCUT2D eigenvalue weighted by molar-refractivity contribution is 6.30. The van der Waals surface area contributed by atoms with Crippen LogP contribution in [0.5, 0.6) is 0 Å². The first-order valence-electron chi connectivity index (χ1n) is 7.85. The molecular weight excluding hydrogens is 324 g/mol. The van der Waals surface area contributed by atoms with Gasteiger partial charge in [-0.05, 0) is 35.7 Å². The highest BCUT2D eigenvalue weighted by Crippen LogP contribution is 2.11. The molecule has 2 N–H and O–H groups in total. The fourth-order valence-electron chi connectivity index (χ4n) is 2.26. The molecular formula is C19H21ClN2O2. The zero-order valence-corrected chi connectivity index (χ0v) is 14.5. The Bertz CT molecular complexity index is 684. The first-order chi connectivity index (χ1) is 11.5. The Balaban J connectivity index is 1.99. The predicted molar refractivity (Wildman–Crippen MR) is 95.8 cm³/mol. The van der Waals surface area contributed by atoms with E-state index in [0.717, 1.165) is 5.56 Å². The fraction of sp³-hybridized carbons (Fsp3) is 0.263. The molecule has 0 spiro atoms. The maximum atomic E-state index is 12.4. The molecule has 1 atom stereocenters. The Morgan fingerprint density at radius 3 is 2.21 bits per heavy atom. The lowest BCUT2D eigenvalue weighted by molar-refractivity contribution is -0.124. The van der Waals surface area contributed by atoms with E-state index in [4.69, 9.17) is 11.6 Å². The van der Waals surface area contributed by atoms with Crippen LogP contribution in [0.2, 0.25) is 5.02 Å². The number of rotatable bonds is 6. The Morgan fingerprint density at radius 2 is 1.62 bits per heavy atom. The summed E-state index contributed by atoms with van der Waals surface area (Å²) < 4.78 is 0. The van der Waals surface area contributed by atoms with Gasteiger partial charge in [0.15, 0.2) is 0 Å². The van der Waals surface area contributed by atoms with Gasteiger partial charge in [-0.3, -0.25) is 9.59 Å². The summed E-state index contributed by atoms with van der Waals surface area (Å²) in [6.45, 7) is 4.23. The number of carbonyl (C=O) groups excluding carboxylic acids is 2. The number of carbonyl (C=O) groups is 2. The van der Waals surface area contributed by atoms with Gasteiger partial charge in [-0.15, -0.1) is 0 Å². The van der Waals surface area contributed by atoms with Gasteiger partial charge >= 0.3 is 0 Å². The summed E-state index contributed by atoms with van der Waals surface area (Å²) in [7, 11) is 0. The molecule has 5 heteroatoms. The molecule has 0 saturated carbocycles. The molecule has 0 radical (unpaired) electrons. The molecule has 126 valence electrons. The average molecular weight is 345 g/mol. The number of halogens is 1. The van der Waals surface area contributed by atoms with Crippen molar-refractivity contribution in [3.05, 3.63) is 70.7 Å². The SMILES string of the molecule is CC(C)[C@@H](NC(=O)c1ccc(Cl)cc1)C(=O)NCc1ccccc1. The Morgan fingerprint density at radius 1 is 1.00 bits per heavy atom. The second-order valence-electron chi connectivity index (χ2n) is 5.91. The lowest BCUT2D eigenvalue weighted by atomic mass is 10.0. The van der Waals surface area contributed by atoms with E-state index in [1.54, 1.807) is 24.3 Å². The molecule has 0 aromatic heterocycles. The summed E-state index contributed by atoms with van der Waals surface area (Å²) in [5, 5.41) is 6.23. The van der Waals surface area contributed by atoms with E-state index in [1.165, 1.54) is 0 Å². The minimum Gasteiger partial charge on any atom is -0.350 e. The van der Waals surface area contributed by atoms with Crippen LogP contribution < -0.4 is 10.6 Å². The number of hydrogen-bond acceptors (Lipinski definition) is 2. The summed E-state index contributed by atoms with van der Waals surface area (Å²) in [6.07, 6.45) is 0. The molecule has 4 nitrogen and oxygen atoms in total. The minimum absolute atomic E-state index is 0.0305. The zero-order valence-electron chi connectivity index (χ0n) is 13.8. The zero-order chi connectivity index (χ0) is 17.5. The van der Waals surface area contributed by atoms with Gasteiger partial charge in [0, 0.05) is 17.1 Å². The van der Waals surface area contributed by atoms with Crippen LogP contribution >= 0.6 is 11.6 Å². The second kappa shape index (κ2) is 8.50. The molecule has 2 aromatic rings. The molecule has 0 heterocycles. The largest absolute Gasteiger partial charge is 0.350 e. The molecule has 0 bridgehead atoms. The van der Waals surface area contributed by atoms with E-state index in [2.05, 4.69) is 10.6 Å². The van der Waals surface area contributed by atoms with Gasteiger partial charge in [-0.1, -0.05) is 55.8 Å². The van der Waals surface area contributed by atoms with E-state index >= 15 is 0 Å². The van der Waals surface area contributed by atoms with Crippen LogP contribution in [-0.4, -0.2) is 17.9 Å². The maximum absolute atomic E-state index is 12.4. The van der Waals surface area contributed by atoms with Crippen molar-refractivity contribution in [3.63, 3.8) is 0 Å². The lowest BCUT2D eigenvalue weighted by Crippen LogP contribution is -2.49. The van der Waals surface area contributed by atoms with Gasteiger partial charge in [0.2, 0.25) is 5.91 Å².